The van der Waals surface area contributed by atoms with Gasteiger partial charge in [-0.25, -0.2) is 14.8 Å². The maximum Gasteiger partial charge on any atom is 0.321 e. The lowest BCUT2D eigenvalue weighted by molar-refractivity contribution is 0.170. The van der Waals surface area contributed by atoms with Gasteiger partial charge in [0.2, 0.25) is 0 Å². The highest BCUT2D eigenvalue weighted by Gasteiger charge is 2.32. The third-order valence-electron chi connectivity index (χ3n) is 6.11. The number of amides is 2. The van der Waals surface area contributed by atoms with Crippen LogP contribution in [0.3, 0.4) is 0 Å². The van der Waals surface area contributed by atoms with Crippen molar-refractivity contribution < 1.29 is 4.79 Å². The molecule has 1 aliphatic heterocycles. The summed E-state index contributed by atoms with van der Waals surface area (Å²) in [5.74, 6) is 2.18. The molecule has 5 rings (SSSR count). The van der Waals surface area contributed by atoms with Crippen LogP contribution in [0, 0.1) is 12.8 Å². The first kappa shape index (κ1) is 18.2. The Morgan fingerprint density at radius 2 is 2.03 bits per heavy atom. The minimum atomic E-state index is 0.0000283. The number of piperidine rings is 1. The van der Waals surface area contributed by atoms with Crippen molar-refractivity contribution in [1.29, 1.82) is 0 Å². The second-order valence-electron chi connectivity index (χ2n) is 8.40. The molecular formula is C23H27N5O. The van der Waals surface area contributed by atoms with Gasteiger partial charge in [0.25, 0.3) is 0 Å². The van der Waals surface area contributed by atoms with Crippen molar-refractivity contribution in [3.63, 3.8) is 0 Å². The Balaban J connectivity index is 1.32. The number of nitrogens with zero attached hydrogens (tertiary/aromatic N) is 4. The van der Waals surface area contributed by atoms with E-state index in [4.69, 9.17) is 4.98 Å². The number of aromatic nitrogens is 3. The average Bonchev–Trinajstić information content (AvgIpc) is 3.53. The molecule has 0 radical (unpaired) electrons. The van der Waals surface area contributed by atoms with E-state index in [9.17, 15) is 4.79 Å². The van der Waals surface area contributed by atoms with E-state index >= 15 is 0 Å². The van der Waals surface area contributed by atoms with Crippen molar-refractivity contribution in [2.24, 2.45) is 5.92 Å². The summed E-state index contributed by atoms with van der Waals surface area (Å²) in [5.41, 5.74) is 3.94. The van der Waals surface area contributed by atoms with Crippen LogP contribution in [-0.4, -0.2) is 38.6 Å². The number of anilines is 1. The number of hydrogen-bond acceptors (Lipinski definition) is 3. The first-order chi connectivity index (χ1) is 14.2. The molecule has 1 aromatic carbocycles. The van der Waals surface area contributed by atoms with Crippen LogP contribution in [0.2, 0.25) is 0 Å². The Kier molecular flexibility index (Phi) is 4.70. The van der Waals surface area contributed by atoms with Crippen LogP contribution in [0.5, 0.6) is 0 Å². The lowest BCUT2D eigenvalue weighted by atomic mass is 9.98. The minimum absolute atomic E-state index is 0.0000283. The number of hydrogen-bond donors (Lipinski definition) is 1. The summed E-state index contributed by atoms with van der Waals surface area (Å²) >= 11 is 0. The molecule has 150 valence electrons. The topological polar surface area (TPSA) is 63.1 Å². The van der Waals surface area contributed by atoms with E-state index < -0.39 is 0 Å². The summed E-state index contributed by atoms with van der Waals surface area (Å²) in [4.78, 5) is 24.3. The summed E-state index contributed by atoms with van der Waals surface area (Å²) in [6.45, 7) is 4.49. The highest BCUT2D eigenvalue weighted by molar-refractivity contribution is 5.90. The Bertz CT molecular complexity index is 1040. The van der Waals surface area contributed by atoms with Gasteiger partial charge in [0.1, 0.15) is 11.3 Å². The molecule has 1 unspecified atom stereocenters. The van der Waals surface area contributed by atoms with E-state index in [1.54, 1.807) is 0 Å². The normalized spacial score (nSPS) is 19.5. The maximum atomic E-state index is 12.8. The van der Waals surface area contributed by atoms with E-state index in [1.165, 1.54) is 18.7 Å². The predicted molar refractivity (Wildman–Crippen MR) is 114 cm³/mol. The number of benzene rings is 1. The monoisotopic (exact) mass is 389 g/mol. The van der Waals surface area contributed by atoms with Crippen LogP contribution in [0.1, 0.15) is 43.0 Å². The Morgan fingerprint density at radius 3 is 2.86 bits per heavy atom. The van der Waals surface area contributed by atoms with E-state index in [2.05, 4.69) is 14.9 Å². The van der Waals surface area contributed by atoms with Gasteiger partial charge in [-0.3, -0.25) is 0 Å². The second kappa shape index (κ2) is 7.50. The number of nitrogens with one attached hydrogen (secondary N) is 1. The number of likely N-dealkylation sites (tertiary alicyclic amines) is 1. The molecular weight excluding hydrogens is 362 g/mol. The van der Waals surface area contributed by atoms with Gasteiger partial charge in [-0.2, -0.15) is 0 Å². The zero-order valence-electron chi connectivity index (χ0n) is 16.8. The molecule has 6 heteroatoms. The largest absolute Gasteiger partial charge is 0.324 e. The van der Waals surface area contributed by atoms with Gasteiger partial charge in [-0.1, -0.05) is 18.2 Å². The molecule has 2 aliphatic rings. The molecule has 1 N–H and O–H groups in total. The third kappa shape index (κ3) is 3.71. The van der Waals surface area contributed by atoms with Gasteiger partial charge in [0.05, 0.1) is 0 Å². The fourth-order valence-electron chi connectivity index (χ4n) is 4.37. The smallest absolute Gasteiger partial charge is 0.321 e. The van der Waals surface area contributed by atoms with Crippen LogP contribution in [0.25, 0.3) is 11.2 Å². The molecule has 1 atom stereocenters. The van der Waals surface area contributed by atoms with Gasteiger partial charge in [0, 0.05) is 37.4 Å². The zero-order chi connectivity index (χ0) is 19.8. The number of urea groups is 1. The fourth-order valence-corrected chi connectivity index (χ4v) is 4.37. The number of imidazole rings is 1. The molecule has 3 heterocycles. The number of rotatable bonds is 4. The van der Waals surface area contributed by atoms with E-state index in [-0.39, 0.29) is 6.03 Å². The fraction of sp³-hybridized carbons (Fsp3) is 0.435. The Labute approximate surface area is 171 Å². The highest BCUT2D eigenvalue weighted by atomic mass is 16.2. The molecule has 0 bridgehead atoms. The van der Waals surface area contributed by atoms with Gasteiger partial charge >= 0.3 is 6.03 Å². The van der Waals surface area contributed by atoms with Crippen LogP contribution >= 0.6 is 0 Å². The van der Waals surface area contributed by atoms with Crippen molar-refractivity contribution >= 4 is 22.9 Å². The number of fused-ring (bicyclic) bond motifs is 1. The van der Waals surface area contributed by atoms with Gasteiger partial charge in [0.15, 0.2) is 5.65 Å². The molecule has 6 nitrogen and oxygen atoms in total. The SMILES string of the molecule is Cc1ccccc1NC(=O)N1CCCC(Cn2c(C3CC3)nc3cccnc32)C1. The first-order valence-corrected chi connectivity index (χ1v) is 10.6. The van der Waals surface area contributed by atoms with Crippen molar-refractivity contribution in [3.8, 4) is 0 Å². The van der Waals surface area contributed by atoms with Gasteiger partial charge < -0.3 is 14.8 Å². The molecule has 2 amide bonds. The summed E-state index contributed by atoms with van der Waals surface area (Å²) in [6, 6.07) is 11.9. The quantitative estimate of drug-likeness (QED) is 0.711. The van der Waals surface area contributed by atoms with Crippen LogP contribution in [0.4, 0.5) is 10.5 Å². The predicted octanol–water partition coefficient (Wildman–Crippen LogP) is 4.56. The first-order valence-electron chi connectivity index (χ1n) is 10.6. The molecule has 2 fully saturated rings. The molecule has 2 aromatic heterocycles. The third-order valence-corrected chi connectivity index (χ3v) is 6.11. The number of carbonyl (C=O) groups excluding carboxylic acids is 1. The number of carbonyl (C=O) groups is 1. The van der Waals surface area contributed by atoms with Crippen molar-refractivity contribution in [1.82, 2.24) is 19.4 Å². The molecule has 1 saturated carbocycles. The lowest BCUT2D eigenvalue weighted by Gasteiger charge is -2.33. The zero-order valence-corrected chi connectivity index (χ0v) is 16.8. The van der Waals surface area contributed by atoms with Crippen molar-refractivity contribution in [2.45, 2.75) is 45.1 Å². The number of pyridine rings is 1. The standard InChI is InChI=1S/C23H27N5O/c1-16-6-2-3-8-19(16)26-23(29)27-13-5-7-17(14-27)15-28-21(18-10-11-18)25-20-9-4-12-24-22(20)28/h2-4,6,8-9,12,17-18H,5,7,10-11,13-15H2,1H3,(H,26,29). The maximum absolute atomic E-state index is 12.8. The molecule has 1 aliphatic carbocycles. The molecule has 0 spiro atoms. The van der Waals surface area contributed by atoms with Crippen LogP contribution in [-0.2, 0) is 6.54 Å². The van der Waals surface area contributed by atoms with Crippen molar-refractivity contribution in [2.75, 3.05) is 18.4 Å². The van der Waals surface area contributed by atoms with Gasteiger partial charge in [-0.05, 0) is 62.3 Å². The van der Waals surface area contributed by atoms with Crippen LogP contribution < -0.4 is 5.32 Å². The minimum Gasteiger partial charge on any atom is -0.324 e. The Hall–Kier alpha value is -2.89. The molecule has 3 aromatic rings. The summed E-state index contributed by atoms with van der Waals surface area (Å²) < 4.78 is 2.32. The highest BCUT2D eigenvalue weighted by Crippen LogP contribution is 2.41. The number of aryl methyl sites for hydroxylation is 1. The van der Waals surface area contributed by atoms with Crippen molar-refractivity contribution in [3.05, 3.63) is 54.0 Å². The van der Waals surface area contributed by atoms with E-state index in [1.807, 2.05) is 54.4 Å². The summed E-state index contributed by atoms with van der Waals surface area (Å²) in [6.07, 6.45) is 6.45. The van der Waals surface area contributed by atoms with E-state index in [0.717, 1.165) is 54.9 Å². The van der Waals surface area contributed by atoms with Crippen LogP contribution in [0.15, 0.2) is 42.6 Å². The van der Waals surface area contributed by atoms with Gasteiger partial charge in [-0.15, -0.1) is 0 Å². The lowest BCUT2D eigenvalue weighted by Crippen LogP contribution is -2.43. The Morgan fingerprint density at radius 1 is 1.17 bits per heavy atom. The van der Waals surface area contributed by atoms with E-state index in [0.29, 0.717) is 11.8 Å². The summed E-state index contributed by atoms with van der Waals surface area (Å²) in [7, 11) is 0. The average molecular weight is 390 g/mol. The molecule has 29 heavy (non-hydrogen) atoms. The summed E-state index contributed by atoms with van der Waals surface area (Å²) in [5, 5.41) is 3.08. The molecule has 1 saturated heterocycles. The number of para-hydroxylation sites is 1. The second-order valence-corrected chi connectivity index (χ2v) is 8.40.